The fourth-order valence-corrected chi connectivity index (χ4v) is 4.52. The van der Waals surface area contributed by atoms with Crippen LogP contribution in [-0.2, 0) is 12.8 Å². The fourth-order valence-electron chi connectivity index (χ4n) is 4.52. The zero-order valence-corrected chi connectivity index (χ0v) is 19.5. The number of hydrogen-bond acceptors (Lipinski definition) is 6. The number of carbonyl (C=O) groups is 1. The highest BCUT2D eigenvalue weighted by Crippen LogP contribution is 2.38. The predicted octanol–water partition coefficient (Wildman–Crippen LogP) is 6.17. The van der Waals surface area contributed by atoms with Crippen LogP contribution in [0.5, 0.6) is 5.75 Å². The minimum absolute atomic E-state index is 0.0147. The molecular weight excluding hydrogens is 463 g/mol. The van der Waals surface area contributed by atoms with Gasteiger partial charge in [0.2, 0.25) is 5.82 Å². The lowest BCUT2D eigenvalue weighted by atomic mass is 9.92. The maximum absolute atomic E-state index is 13.7. The number of amides is 1. The first kappa shape index (κ1) is 23.2. The molecule has 36 heavy (non-hydrogen) atoms. The SMILES string of the molecule is COc1ccccc1Nc1c2c(nc3ccc(NC(=O)c4ccc(F)c([N+](=O)[O-])c4)cc13)CCCC2. The molecule has 0 atom stereocenters. The Morgan fingerprint density at radius 1 is 1.08 bits per heavy atom. The van der Waals surface area contributed by atoms with Crippen LogP contribution in [0.1, 0.15) is 34.5 Å². The van der Waals surface area contributed by atoms with Crippen LogP contribution in [0.2, 0.25) is 0 Å². The number of hydrogen-bond donors (Lipinski definition) is 2. The van der Waals surface area contributed by atoms with Gasteiger partial charge >= 0.3 is 5.69 Å². The first-order chi connectivity index (χ1) is 17.4. The molecule has 1 aliphatic carbocycles. The Bertz CT molecular complexity index is 1510. The number of halogens is 1. The minimum atomic E-state index is -0.995. The molecule has 182 valence electrons. The summed E-state index contributed by atoms with van der Waals surface area (Å²) < 4.78 is 19.2. The van der Waals surface area contributed by atoms with Crippen LogP contribution in [0, 0.1) is 15.9 Å². The number of ether oxygens (including phenoxy) is 1. The van der Waals surface area contributed by atoms with Crippen molar-refractivity contribution in [2.24, 2.45) is 0 Å². The Kier molecular flexibility index (Phi) is 6.20. The first-order valence-corrected chi connectivity index (χ1v) is 11.6. The lowest BCUT2D eigenvalue weighted by Crippen LogP contribution is -2.13. The van der Waals surface area contributed by atoms with E-state index in [1.54, 1.807) is 13.2 Å². The molecule has 4 aromatic rings. The number of nitrogens with zero attached hydrogens (tertiary/aromatic N) is 2. The van der Waals surface area contributed by atoms with Gasteiger partial charge in [-0.1, -0.05) is 12.1 Å². The number of fused-ring (bicyclic) bond motifs is 2. The zero-order chi connectivity index (χ0) is 25.2. The van der Waals surface area contributed by atoms with E-state index in [9.17, 15) is 19.3 Å². The van der Waals surface area contributed by atoms with E-state index < -0.39 is 22.3 Å². The summed E-state index contributed by atoms with van der Waals surface area (Å²) in [6, 6.07) is 16.1. The van der Waals surface area contributed by atoms with Crippen molar-refractivity contribution < 1.29 is 18.8 Å². The Labute approximate surface area is 206 Å². The summed E-state index contributed by atoms with van der Waals surface area (Å²) in [6.07, 6.45) is 3.91. The van der Waals surface area contributed by atoms with Crippen molar-refractivity contribution in [1.82, 2.24) is 4.98 Å². The smallest absolute Gasteiger partial charge is 0.305 e. The Morgan fingerprint density at radius 2 is 1.89 bits per heavy atom. The van der Waals surface area contributed by atoms with Crippen LogP contribution in [0.4, 0.5) is 27.1 Å². The van der Waals surface area contributed by atoms with Gasteiger partial charge < -0.3 is 15.4 Å². The summed E-state index contributed by atoms with van der Waals surface area (Å²) in [7, 11) is 1.62. The van der Waals surface area contributed by atoms with Crippen LogP contribution < -0.4 is 15.4 Å². The molecule has 0 saturated heterocycles. The normalized spacial score (nSPS) is 12.6. The fraction of sp³-hybridized carbons (Fsp3) is 0.185. The van der Waals surface area contributed by atoms with Gasteiger partial charge in [-0.2, -0.15) is 4.39 Å². The van der Waals surface area contributed by atoms with E-state index in [0.29, 0.717) is 11.4 Å². The second kappa shape index (κ2) is 9.61. The number of nitrogens with one attached hydrogen (secondary N) is 2. The van der Waals surface area contributed by atoms with E-state index in [2.05, 4.69) is 10.6 Å². The van der Waals surface area contributed by atoms with E-state index in [-0.39, 0.29) is 5.56 Å². The highest BCUT2D eigenvalue weighted by atomic mass is 19.1. The van der Waals surface area contributed by atoms with Gasteiger partial charge in [-0.25, -0.2) is 0 Å². The summed E-state index contributed by atoms with van der Waals surface area (Å²) in [5, 5.41) is 18.2. The second-order valence-electron chi connectivity index (χ2n) is 8.55. The standard InChI is InChI=1S/C27H23FN4O4/c1-36-25-9-5-4-8-23(25)31-26-18-6-2-3-7-21(18)30-22-13-11-17(15-19(22)26)29-27(33)16-10-12-20(28)24(14-16)32(34)35/h4-5,8-15H,2-3,6-7H2,1H3,(H,29,33)(H,30,31). The van der Waals surface area contributed by atoms with Gasteiger partial charge in [-0.15, -0.1) is 0 Å². The van der Waals surface area contributed by atoms with Crippen molar-refractivity contribution in [3.63, 3.8) is 0 Å². The molecule has 2 N–H and O–H groups in total. The topological polar surface area (TPSA) is 106 Å². The second-order valence-corrected chi connectivity index (χ2v) is 8.55. The predicted molar refractivity (Wildman–Crippen MR) is 136 cm³/mol. The Morgan fingerprint density at radius 3 is 2.69 bits per heavy atom. The molecule has 1 aromatic heterocycles. The van der Waals surface area contributed by atoms with Crippen LogP contribution in [-0.4, -0.2) is 22.9 Å². The lowest BCUT2D eigenvalue weighted by molar-refractivity contribution is -0.387. The molecule has 1 aliphatic rings. The maximum Gasteiger partial charge on any atom is 0.305 e. The van der Waals surface area contributed by atoms with Crippen molar-refractivity contribution >= 4 is 39.6 Å². The summed E-state index contributed by atoms with van der Waals surface area (Å²) in [5.74, 6) is -0.873. The monoisotopic (exact) mass is 486 g/mol. The molecule has 3 aromatic carbocycles. The van der Waals surface area contributed by atoms with E-state index in [1.807, 2.05) is 36.4 Å². The lowest BCUT2D eigenvalue weighted by Gasteiger charge is -2.23. The van der Waals surface area contributed by atoms with E-state index >= 15 is 0 Å². The van der Waals surface area contributed by atoms with Crippen LogP contribution in [0.25, 0.3) is 10.9 Å². The molecule has 0 saturated carbocycles. The van der Waals surface area contributed by atoms with Gasteiger partial charge in [-0.05, 0) is 73.7 Å². The van der Waals surface area contributed by atoms with Crippen molar-refractivity contribution in [3.05, 3.63) is 93.4 Å². The van der Waals surface area contributed by atoms with E-state index in [0.717, 1.165) is 71.4 Å². The molecule has 0 spiro atoms. The minimum Gasteiger partial charge on any atom is -0.495 e. The van der Waals surface area contributed by atoms with Gasteiger partial charge in [-0.3, -0.25) is 19.9 Å². The quantitative estimate of drug-likeness (QED) is 0.250. The summed E-state index contributed by atoms with van der Waals surface area (Å²) >= 11 is 0. The van der Waals surface area contributed by atoms with E-state index in [1.165, 1.54) is 6.07 Å². The first-order valence-electron chi connectivity index (χ1n) is 11.6. The molecule has 0 unspecified atom stereocenters. The van der Waals surface area contributed by atoms with Crippen molar-refractivity contribution in [3.8, 4) is 5.75 Å². The molecule has 0 fully saturated rings. The van der Waals surface area contributed by atoms with Gasteiger partial charge in [0.15, 0.2) is 0 Å². The molecule has 1 heterocycles. The average molecular weight is 487 g/mol. The van der Waals surface area contributed by atoms with Crippen molar-refractivity contribution in [2.75, 3.05) is 17.7 Å². The van der Waals surface area contributed by atoms with Crippen molar-refractivity contribution in [1.29, 1.82) is 0 Å². The average Bonchev–Trinajstić information content (AvgIpc) is 2.89. The number of pyridine rings is 1. The molecule has 0 bridgehead atoms. The number of para-hydroxylation sites is 2. The number of benzene rings is 3. The van der Waals surface area contributed by atoms with Gasteiger partial charge in [0.05, 0.1) is 28.9 Å². The summed E-state index contributed by atoms with van der Waals surface area (Å²) in [6.45, 7) is 0. The molecule has 5 rings (SSSR count). The van der Waals surface area contributed by atoms with Crippen molar-refractivity contribution in [2.45, 2.75) is 25.7 Å². The number of rotatable bonds is 6. The molecule has 0 aliphatic heterocycles. The van der Waals surface area contributed by atoms with Gasteiger partial charge in [0.1, 0.15) is 5.75 Å². The zero-order valence-electron chi connectivity index (χ0n) is 19.5. The maximum atomic E-state index is 13.7. The number of anilines is 3. The Balaban J connectivity index is 1.55. The largest absolute Gasteiger partial charge is 0.495 e. The summed E-state index contributed by atoms with van der Waals surface area (Å²) in [4.78, 5) is 27.9. The number of nitro benzene ring substituents is 1. The molecule has 0 radical (unpaired) electrons. The number of carbonyl (C=O) groups excluding carboxylic acids is 1. The number of nitro groups is 1. The third kappa shape index (κ3) is 4.43. The third-order valence-corrected chi connectivity index (χ3v) is 6.29. The number of aromatic nitrogens is 1. The third-order valence-electron chi connectivity index (χ3n) is 6.29. The molecule has 1 amide bonds. The highest BCUT2D eigenvalue weighted by molar-refractivity contribution is 6.06. The van der Waals surface area contributed by atoms with E-state index in [4.69, 9.17) is 9.72 Å². The van der Waals surface area contributed by atoms with Crippen LogP contribution >= 0.6 is 0 Å². The molecule has 9 heteroatoms. The summed E-state index contributed by atoms with van der Waals surface area (Å²) in [5.41, 5.74) is 4.42. The molecule has 8 nitrogen and oxygen atoms in total. The van der Waals surface area contributed by atoms with Gasteiger partial charge in [0, 0.05) is 28.4 Å². The molecular formula is C27H23FN4O4. The Hall–Kier alpha value is -4.53. The highest BCUT2D eigenvalue weighted by Gasteiger charge is 2.21. The van der Waals surface area contributed by atoms with Gasteiger partial charge in [0.25, 0.3) is 5.91 Å². The van der Waals surface area contributed by atoms with Crippen LogP contribution in [0.3, 0.4) is 0 Å². The van der Waals surface area contributed by atoms with Crippen LogP contribution in [0.15, 0.2) is 60.7 Å². The number of aryl methyl sites for hydroxylation is 1. The number of methoxy groups -OCH3 is 1.